The highest BCUT2D eigenvalue weighted by molar-refractivity contribution is 6.32. The molecule has 4 aromatic rings. The van der Waals surface area contributed by atoms with Crippen molar-refractivity contribution in [2.45, 2.75) is 19.0 Å². The molecule has 1 saturated heterocycles. The van der Waals surface area contributed by atoms with Crippen molar-refractivity contribution in [2.75, 3.05) is 38.8 Å². The molecular weight excluding hydrogens is 494 g/mol. The van der Waals surface area contributed by atoms with Gasteiger partial charge in [0.25, 0.3) is 0 Å². The van der Waals surface area contributed by atoms with Crippen LogP contribution in [0, 0.1) is 0 Å². The third-order valence-electron chi connectivity index (χ3n) is 6.10. The van der Waals surface area contributed by atoms with Gasteiger partial charge >= 0.3 is 0 Å². The number of hydrogen-bond donors (Lipinski definition) is 0. The molecule has 0 saturated carbocycles. The van der Waals surface area contributed by atoms with Crippen molar-refractivity contribution in [1.82, 2.24) is 9.97 Å². The molecule has 0 bridgehead atoms. The van der Waals surface area contributed by atoms with Gasteiger partial charge in [0.05, 0.1) is 44.5 Å². The highest BCUT2D eigenvalue weighted by atomic mass is 35.5. The Morgan fingerprint density at radius 3 is 2.51 bits per heavy atom. The Morgan fingerprint density at radius 1 is 0.892 bits per heavy atom. The fourth-order valence-corrected chi connectivity index (χ4v) is 4.47. The molecule has 0 amide bonds. The van der Waals surface area contributed by atoms with E-state index in [1.54, 1.807) is 26.6 Å². The fraction of sp³-hybridized carbons (Fsp3) is 0.286. The van der Waals surface area contributed by atoms with Crippen molar-refractivity contribution in [3.05, 3.63) is 83.6 Å². The number of methoxy groups -OCH3 is 2. The highest BCUT2D eigenvalue weighted by Gasteiger charge is 2.32. The molecule has 0 N–H and O–H groups in total. The Kier molecular flexibility index (Phi) is 7.89. The molecule has 0 radical (unpaired) electrons. The average molecular weight is 522 g/mol. The zero-order valence-electron chi connectivity index (χ0n) is 20.7. The summed E-state index contributed by atoms with van der Waals surface area (Å²) in [6.45, 7) is 1.37. The summed E-state index contributed by atoms with van der Waals surface area (Å²) < 4.78 is 29.3. The molecule has 37 heavy (non-hydrogen) atoms. The Labute approximate surface area is 220 Å². The van der Waals surface area contributed by atoms with Crippen LogP contribution in [0.2, 0.25) is 5.02 Å². The van der Waals surface area contributed by atoms with Crippen LogP contribution in [-0.2, 0) is 15.9 Å². The lowest BCUT2D eigenvalue weighted by Crippen LogP contribution is -2.51. The Morgan fingerprint density at radius 2 is 1.68 bits per heavy atom. The number of nitrogens with zero attached hydrogens (tertiary/aromatic N) is 3. The third-order valence-corrected chi connectivity index (χ3v) is 6.41. The summed E-state index contributed by atoms with van der Waals surface area (Å²) in [7, 11) is 3.24. The maximum atomic E-state index is 6.34. The van der Waals surface area contributed by atoms with E-state index in [-0.39, 0.29) is 0 Å². The van der Waals surface area contributed by atoms with E-state index in [9.17, 15) is 0 Å². The largest absolute Gasteiger partial charge is 0.493 e. The predicted octanol–water partition coefficient (Wildman–Crippen LogP) is 5.13. The number of morpholine rings is 1. The summed E-state index contributed by atoms with van der Waals surface area (Å²) in [5.41, 5.74) is 1.93. The number of aromatic nitrogens is 2. The second kappa shape index (κ2) is 11.6. The molecule has 192 valence electrons. The summed E-state index contributed by atoms with van der Waals surface area (Å²) >= 11 is 6.34. The van der Waals surface area contributed by atoms with Crippen LogP contribution in [-0.4, -0.2) is 56.5 Å². The van der Waals surface area contributed by atoms with E-state index in [1.807, 2.05) is 60.7 Å². The number of para-hydroxylation sites is 2. The van der Waals surface area contributed by atoms with Crippen molar-refractivity contribution in [2.24, 2.45) is 0 Å². The van der Waals surface area contributed by atoms with Crippen LogP contribution < -0.4 is 19.1 Å². The fourth-order valence-electron chi connectivity index (χ4n) is 4.29. The van der Waals surface area contributed by atoms with Gasteiger partial charge in [-0.05, 0) is 48.4 Å². The van der Waals surface area contributed by atoms with E-state index < -0.39 is 12.6 Å². The maximum Gasteiger partial charge on any atom is 0.220 e. The number of benzene rings is 3. The van der Waals surface area contributed by atoms with Gasteiger partial charge in [0, 0.05) is 5.39 Å². The molecule has 0 spiro atoms. The molecular formula is C28H28ClN3O5. The van der Waals surface area contributed by atoms with Gasteiger partial charge in [0.15, 0.2) is 17.8 Å². The van der Waals surface area contributed by atoms with E-state index >= 15 is 0 Å². The molecule has 1 fully saturated rings. The smallest absolute Gasteiger partial charge is 0.220 e. The predicted molar refractivity (Wildman–Crippen MR) is 142 cm³/mol. The topological polar surface area (TPSA) is 75.2 Å². The summed E-state index contributed by atoms with van der Waals surface area (Å²) in [6.07, 6.45) is 1.08. The van der Waals surface area contributed by atoms with Crippen LogP contribution in [0.1, 0.15) is 5.56 Å². The van der Waals surface area contributed by atoms with Crippen molar-refractivity contribution >= 4 is 28.3 Å². The summed E-state index contributed by atoms with van der Waals surface area (Å²) in [5.74, 6) is 2.72. The van der Waals surface area contributed by atoms with Crippen LogP contribution >= 0.6 is 11.6 Å². The normalized spacial score (nSPS) is 17.5. The van der Waals surface area contributed by atoms with Gasteiger partial charge in [-0.25, -0.2) is 9.97 Å². The van der Waals surface area contributed by atoms with Gasteiger partial charge in [-0.15, -0.1) is 0 Å². The second-order valence-electron chi connectivity index (χ2n) is 8.47. The lowest BCUT2D eigenvalue weighted by atomic mass is 10.1. The second-order valence-corrected chi connectivity index (χ2v) is 8.88. The summed E-state index contributed by atoms with van der Waals surface area (Å²) in [4.78, 5) is 11.1. The monoisotopic (exact) mass is 521 g/mol. The number of halogens is 1. The first-order valence-electron chi connectivity index (χ1n) is 12.0. The van der Waals surface area contributed by atoms with Gasteiger partial charge in [0.2, 0.25) is 6.29 Å². The van der Waals surface area contributed by atoms with E-state index in [0.29, 0.717) is 48.4 Å². The molecule has 2 atom stereocenters. The maximum absolute atomic E-state index is 6.34. The van der Waals surface area contributed by atoms with Crippen molar-refractivity contribution in [3.63, 3.8) is 0 Å². The molecule has 2 unspecified atom stereocenters. The van der Waals surface area contributed by atoms with Gasteiger partial charge in [-0.1, -0.05) is 41.9 Å². The average Bonchev–Trinajstić information content (AvgIpc) is 2.94. The molecule has 5 rings (SSSR count). The molecule has 1 aromatic heterocycles. The molecule has 3 aromatic carbocycles. The van der Waals surface area contributed by atoms with Crippen LogP contribution in [0.15, 0.2) is 73.1 Å². The van der Waals surface area contributed by atoms with E-state index in [1.165, 1.54) is 0 Å². The Balaban J connectivity index is 1.33. The molecule has 8 nitrogen and oxygen atoms in total. The Bertz CT molecular complexity index is 1350. The lowest BCUT2D eigenvalue weighted by Gasteiger charge is -2.38. The number of rotatable bonds is 9. The van der Waals surface area contributed by atoms with E-state index in [4.69, 9.17) is 35.3 Å². The van der Waals surface area contributed by atoms with Crippen LogP contribution in [0.5, 0.6) is 17.2 Å². The SMILES string of the molecule is COc1ccc(CCOC2CN(c3ncnc4ccccc34)CC(Oc3ccccc3Cl)O2)cc1OC. The van der Waals surface area contributed by atoms with Crippen molar-refractivity contribution in [1.29, 1.82) is 0 Å². The molecule has 2 heterocycles. The summed E-state index contributed by atoms with van der Waals surface area (Å²) in [6, 6.07) is 21.1. The van der Waals surface area contributed by atoms with Crippen molar-refractivity contribution < 1.29 is 23.7 Å². The van der Waals surface area contributed by atoms with E-state index in [2.05, 4.69) is 14.9 Å². The zero-order chi connectivity index (χ0) is 25.6. The van der Waals surface area contributed by atoms with Crippen LogP contribution in [0.25, 0.3) is 10.9 Å². The minimum atomic E-state index is -0.617. The number of ether oxygens (including phenoxy) is 5. The Hall–Kier alpha value is -3.59. The molecule has 1 aliphatic rings. The number of hydrogen-bond acceptors (Lipinski definition) is 8. The van der Waals surface area contributed by atoms with Gasteiger partial charge in [0.1, 0.15) is 17.9 Å². The van der Waals surface area contributed by atoms with Gasteiger partial charge < -0.3 is 28.6 Å². The standard InChI is InChI=1S/C28H28ClN3O5/c1-33-24-12-11-19(15-25(24)34-2)13-14-35-26-16-32(28-20-7-3-5-9-22(20)30-18-31-28)17-27(37-26)36-23-10-6-4-8-21(23)29/h3-12,15,18,26-27H,13-14,16-17H2,1-2H3. The molecule has 9 heteroatoms. The number of anilines is 1. The summed E-state index contributed by atoms with van der Waals surface area (Å²) in [5, 5.41) is 1.47. The zero-order valence-corrected chi connectivity index (χ0v) is 21.4. The van der Waals surface area contributed by atoms with Gasteiger partial charge in [-0.3, -0.25) is 0 Å². The first-order valence-corrected chi connectivity index (χ1v) is 12.4. The van der Waals surface area contributed by atoms with E-state index in [0.717, 1.165) is 22.3 Å². The first-order chi connectivity index (χ1) is 18.1. The van der Waals surface area contributed by atoms with Crippen LogP contribution in [0.4, 0.5) is 5.82 Å². The molecule has 1 aliphatic heterocycles. The minimum absolute atomic E-state index is 0.442. The lowest BCUT2D eigenvalue weighted by molar-refractivity contribution is -0.225. The highest BCUT2D eigenvalue weighted by Crippen LogP contribution is 2.30. The first kappa shape index (κ1) is 25.1. The quantitative estimate of drug-likeness (QED) is 0.300. The third kappa shape index (κ3) is 5.88. The molecule has 0 aliphatic carbocycles. The van der Waals surface area contributed by atoms with Gasteiger partial charge in [-0.2, -0.15) is 0 Å². The number of fused-ring (bicyclic) bond motifs is 1. The van der Waals surface area contributed by atoms with Crippen LogP contribution in [0.3, 0.4) is 0 Å². The van der Waals surface area contributed by atoms with Crippen molar-refractivity contribution in [3.8, 4) is 17.2 Å². The minimum Gasteiger partial charge on any atom is -0.493 e.